The van der Waals surface area contributed by atoms with E-state index in [-0.39, 0.29) is 58.0 Å². The number of amides is 1. The van der Waals surface area contributed by atoms with E-state index in [1.165, 1.54) is 12.1 Å². The third-order valence-electron chi connectivity index (χ3n) is 4.62. The molecule has 2 heterocycles. The Morgan fingerprint density at radius 2 is 2.00 bits per heavy atom. The van der Waals surface area contributed by atoms with Gasteiger partial charge in [-0.05, 0) is 31.0 Å². The smallest absolute Gasteiger partial charge is 0.237 e. The number of nitrogens with zero attached hydrogens (tertiary/aromatic N) is 1. The third-order valence-corrected chi connectivity index (χ3v) is 6.90. The zero-order valence-electron chi connectivity index (χ0n) is 14.0. The summed E-state index contributed by atoms with van der Waals surface area (Å²) in [7, 11) is -3.18. The largest absolute Gasteiger partial charge is 0.368 e. The number of nitrogens with two attached hydrogens (primary N) is 1. The molecule has 3 N–H and O–H groups in total. The lowest BCUT2D eigenvalue weighted by atomic mass is 9.91. The second kappa shape index (κ2) is 7.38. The summed E-state index contributed by atoms with van der Waals surface area (Å²) in [6.45, 7) is 0.000526. The maximum Gasteiger partial charge on any atom is 0.237 e. The zero-order valence-corrected chi connectivity index (χ0v) is 16.3. The van der Waals surface area contributed by atoms with Gasteiger partial charge in [-0.3, -0.25) is 10.1 Å². The summed E-state index contributed by atoms with van der Waals surface area (Å²) in [4.78, 5) is 11.9. The highest BCUT2D eigenvalue weighted by molar-refractivity contribution is 7.91. The second-order valence-electron chi connectivity index (χ2n) is 6.35. The van der Waals surface area contributed by atoms with E-state index in [2.05, 4.69) is 10.5 Å². The van der Waals surface area contributed by atoms with Crippen LogP contribution in [0.4, 0.5) is 4.39 Å². The topological polar surface area (TPSA) is 115 Å². The minimum atomic E-state index is -3.18. The summed E-state index contributed by atoms with van der Waals surface area (Å²) in [6, 6.07) is 4.03. The molecule has 0 saturated carbocycles. The van der Waals surface area contributed by atoms with Crippen molar-refractivity contribution in [2.24, 2.45) is 5.73 Å². The van der Waals surface area contributed by atoms with Crippen LogP contribution in [0.15, 0.2) is 22.7 Å². The van der Waals surface area contributed by atoms with Crippen LogP contribution < -0.4 is 11.1 Å². The number of hydrogen-bond acceptors (Lipinski definition) is 6. The molecule has 1 aromatic heterocycles. The number of rotatable bonds is 5. The Morgan fingerprint density at radius 3 is 2.59 bits per heavy atom. The van der Waals surface area contributed by atoms with Crippen molar-refractivity contribution in [3.05, 3.63) is 39.8 Å². The standard InChI is InChI=1S/C16H16Cl2FN3O4S/c17-9-1-2-10(11(19)7-9)14-13(18)12(22-26-14)8-21-16(15(20)23)3-5-27(24,25)6-4-16/h1-2,7,21H,3-6,8H2,(H2,20,23). The summed E-state index contributed by atoms with van der Waals surface area (Å²) < 4.78 is 42.5. The van der Waals surface area contributed by atoms with Crippen LogP contribution in [0, 0.1) is 5.82 Å². The van der Waals surface area contributed by atoms with Gasteiger partial charge in [0, 0.05) is 11.6 Å². The van der Waals surface area contributed by atoms with E-state index >= 15 is 0 Å². The molecule has 0 atom stereocenters. The Balaban J connectivity index is 1.80. The molecule has 0 spiro atoms. The fraction of sp³-hybridized carbons (Fsp3) is 0.375. The highest BCUT2D eigenvalue weighted by atomic mass is 35.5. The van der Waals surface area contributed by atoms with Gasteiger partial charge < -0.3 is 10.3 Å². The van der Waals surface area contributed by atoms with Crippen molar-refractivity contribution >= 4 is 38.9 Å². The number of carbonyl (C=O) groups is 1. The van der Waals surface area contributed by atoms with Crippen molar-refractivity contribution in [1.82, 2.24) is 10.5 Å². The second-order valence-corrected chi connectivity index (χ2v) is 9.47. The van der Waals surface area contributed by atoms with Crippen molar-refractivity contribution < 1.29 is 22.1 Å². The molecule has 0 aliphatic carbocycles. The molecule has 1 amide bonds. The van der Waals surface area contributed by atoms with Crippen LogP contribution in [0.3, 0.4) is 0 Å². The normalized spacial score (nSPS) is 18.3. The Kier molecular flexibility index (Phi) is 5.49. The Morgan fingerprint density at radius 1 is 1.33 bits per heavy atom. The summed E-state index contributed by atoms with van der Waals surface area (Å²) >= 11 is 12.0. The van der Waals surface area contributed by atoms with Crippen LogP contribution in [-0.4, -0.2) is 36.5 Å². The van der Waals surface area contributed by atoms with E-state index in [0.717, 1.165) is 6.07 Å². The van der Waals surface area contributed by atoms with Crippen LogP contribution in [0.5, 0.6) is 0 Å². The number of sulfone groups is 1. The van der Waals surface area contributed by atoms with Crippen LogP contribution >= 0.6 is 23.2 Å². The average molecular weight is 436 g/mol. The molecule has 3 rings (SSSR count). The predicted molar refractivity (Wildman–Crippen MR) is 98.6 cm³/mol. The van der Waals surface area contributed by atoms with Gasteiger partial charge in [-0.25, -0.2) is 12.8 Å². The lowest BCUT2D eigenvalue weighted by Crippen LogP contribution is -2.59. The van der Waals surface area contributed by atoms with Gasteiger partial charge in [0.05, 0.1) is 22.6 Å². The fourth-order valence-electron chi connectivity index (χ4n) is 2.91. The predicted octanol–water partition coefficient (Wildman–Crippen LogP) is 2.31. The molecular formula is C16H16Cl2FN3O4S. The molecule has 146 valence electrons. The Bertz CT molecular complexity index is 980. The number of primary amides is 1. The monoisotopic (exact) mass is 435 g/mol. The molecule has 0 unspecified atom stereocenters. The summed E-state index contributed by atoms with van der Waals surface area (Å²) in [5.41, 5.74) is 4.65. The lowest BCUT2D eigenvalue weighted by molar-refractivity contribution is -0.124. The van der Waals surface area contributed by atoms with Gasteiger partial charge in [-0.1, -0.05) is 28.4 Å². The molecule has 0 radical (unpaired) electrons. The fourth-order valence-corrected chi connectivity index (χ4v) is 4.83. The van der Waals surface area contributed by atoms with Gasteiger partial charge in [0.25, 0.3) is 0 Å². The van der Waals surface area contributed by atoms with E-state index in [1.54, 1.807) is 0 Å². The molecule has 0 bridgehead atoms. The number of aromatic nitrogens is 1. The van der Waals surface area contributed by atoms with Crippen LogP contribution in [-0.2, 0) is 21.2 Å². The highest BCUT2D eigenvalue weighted by Gasteiger charge is 2.42. The zero-order chi connectivity index (χ0) is 19.8. The molecule has 27 heavy (non-hydrogen) atoms. The first-order chi connectivity index (χ1) is 12.6. The Hall–Kier alpha value is -1.68. The van der Waals surface area contributed by atoms with Crippen molar-refractivity contribution in [3.63, 3.8) is 0 Å². The number of carbonyl (C=O) groups excluding carboxylic acids is 1. The first-order valence-corrected chi connectivity index (χ1v) is 10.6. The van der Waals surface area contributed by atoms with Gasteiger partial charge in [0.15, 0.2) is 5.76 Å². The number of nitrogens with one attached hydrogen (secondary N) is 1. The van der Waals surface area contributed by atoms with Crippen LogP contribution in [0.25, 0.3) is 11.3 Å². The number of halogens is 3. The van der Waals surface area contributed by atoms with E-state index in [4.69, 9.17) is 33.5 Å². The molecule has 2 aromatic rings. The maximum atomic E-state index is 14.1. The first-order valence-electron chi connectivity index (χ1n) is 7.98. The van der Waals surface area contributed by atoms with Crippen molar-refractivity contribution in [2.75, 3.05) is 11.5 Å². The van der Waals surface area contributed by atoms with Crippen LogP contribution in [0.2, 0.25) is 10.0 Å². The molecule has 1 saturated heterocycles. The van der Waals surface area contributed by atoms with Gasteiger partial charge in [-0.15, -0.1) is 0 Å². The minimum Gasteiger partial charge on any atom is -0.368 e. The van der Waals surface area contributed by atoms with Crippen molar-refractivity contribution in [3.8, 4) is 11.3 Å². The lowest BCUT2D eigenvalue weighted by Gasteiger charge is -2.34. The van der Waals surface area contributed by atoms with Crippen molar-refractivity contribution in [2.45, 2.75) is 24.9 Å². The summed E-state index contributed by atoms with van der Waals surface area (Å²) in [5.74, 6) is -1.53. The van der Waals surface area contributed by atoms with E-state index in [1.807, 2.05) is 0 Å². The van der Waals surface area contributed by atoms with E-state index in [0.29, 0.717) is 0 Å². The Labute approximate surface area is 164 Å². The highest BCUT2D eigenvalue weighted by Crippen LogP contribution is 2.34. The maximum absolute atomic E-state index is 14.1. The van der Waals surface area contributed by atoms with Crippen LogP contribution in [0.1, 0.15) is 18.5 Å². The molecule has 1 fully saturated rings. The van der Waals surface area contributed by atoms with E-state index in [9.17, 15) is 17.6 Å². The van der Waals surface area contributed by atoms with Gasteiger partial charge in [-0.2, -0.15) is 0 Å². The SMILES string of the molecule is NC(=O)C1(NCc2noc(-c3ccc(Cl)cc3F)c2Cl)CCS(=O)(=O)CC1. The molecule has 7 nitrogen and oxygen atoms in total. The molecular weight excluding hydrogens is 420 g/mol. The number of benzene rings is 1. The first kappa shape index (κ1) is 20.1. The molecule has 1 aliphatic heterocycles. The van der Waals surface area contributed by atoms with Gasteiger partial charge >= 0.3 is 0 Å². The quantitative estimate of drug-likeness (QED) is 0.744. The summed E-state index contributed by atoms with van der Waals surface area (Å²) in [5, 5.41) is 7.08. The van der Waals surface area contributed by atoms with Crippen molar-refractivity contribution in [1.29, 1.82) is 0 Å². The van der Waals surface area contributed by atoms with Gasteiger partial charge in [0.1, 0.15) is 26.4 Å². The number of hydrogen-bond donors (Lipinski definition) is 2. The average Bonchev–Trinajstić information content (AvgIpc) is 2.95. The summed E-state index contributed by atoms with van der Waals surface area (Å²) in [6.07, 6.45) is 0.109. The third kappa shape index (κ3) is 4.11. The van der Waals surface area contributed by atoms with Gasteiger partial charge in [0.2, 0.25) is 5.91 Å². The minimum absolute atomic E-state index is 0.000526. The molecule has 1 aliphatic rings. The molecule has 1 aromatic carbocycles. The van der Waals surface area contributed by atoms with E-state index < -0.39 is 27.1 Å². The molecule has 11 heteroatoms.